The number of cyclic esters (lactones) is 1. The summed E-state index contributed by atoms with van der Waals surface area (Å²) in [7, 11) is 3.23. The highest BCUT2D eigenvalue weighted by Gasteiger charge is 2.45. The Morgan fingerprint density at radius 3 is 2.09 bits per heavy atom. The SMILES string of the molecule is COc1ccc(/C=C2\CC(COCc3ccccc3)(COc3ccc(OC)cc3)OC2=O)cc1. The van der Waals surface area contributed by atoms with Crippen LogP contribution < -0.4 is 14.2 Å². The minimum atomic E-state index is -0.926. The van der Waals surface area contributed by atoms with Gasteiger partial charge in [0.05, 0.1) is 27.4 Å². The Balaban J connectivity index is 1.49. The molecule has 0 radical (unpaired) electrons. The second-order valence-corrected chi connectivity index (χ2v) is 8.13. The first-order valence-corrected chi connectivity index (χ1v) is 11.1. The van der Waals surface area contributed by atoms with Crippen LogP contribution >= 0.6 is 0 Å². The lowest BCUT2D eigenvalue weighted by Crippen LogP contribution is -2.40. The van der Waals surface area contributed by atoms with Gasteiger partial charge in [-0.1, -0.05) is 42.5 Å². The van der Waals surface area contributed by atoms with E-state index >= 15 is 0 Å². The molecule has 0 aromatic heterocycles. The Morgan fingerprint density at radius 2 is 1.44 bits per heavy atom. The van der Waals surface area contributed by atoms with E-state index in [-0.39, 0.29) is 19.2 Å². The van der Waals surface area contributed by atoms with Gasteiger partial charge in [-0.2, -0.15) is 0 Å². The number of rotatable bonds is 10. The van der Waals surface area contributed by atoms with E-state index in [0.717, 1.165) is 22.6 Å². The Bertz CT molecular complexity index is 1110. The Hall–Kier alpha value is -3.77. The van der Waals surface area contributed by atoms with Crippen LogP contribution in [0.25, 0.3) is 6.08 Å². The fraction of sp³-hybridized carbons (Fsp3) is 0.250. The first-order valence-electron chi connectivity index (χ1n) is 11.1. The summed E-state index contributed by atoms with van der Waals surface area (Å²) >= 11 is 0. The molecule has 1 fully saturated rings. The van der Waals surface area contributed by atoms with Crippen molar-refractivity contribution in [3.8, 4) is 17.2 Å². The molecule has 1 aliphatic rings. The van der Waals surface area contributed by atoms with Crippen LogP contribution in [-0.2, 0) is 20.9 Å². The van der Waals surface area contributed by atoms with Crippen LogP contribution in [-0.4, -0.2) is 39.0 Å². The molecule has 3 aromatic carbocycles. The number of esters is 1. The van der Waals surface area contributed by atoms with Crippen LogP contribution in [0.2, 0.25) is 0 Å². The van der Waals surface area contributed by atoms with E-state index in [0.29, 0.717) is 24.4 Å². The summed E-state index contributed by atoms with van der Waals surface area (Å²) in [5.74, 6) is 1.79. The van der Waals surface area contributed by atoms with Crippen molar-refractivity contribution in [1.82, 2.24) is 0 Å². The number of methoxy groups -OCH3 is 2. The highest BCUT2D eigenvalue weighted by atomic mass is 16.6. The molecular formula is C28H28O6. The molecule has 1 saturated heterocycles. The van der Waals surface area contributed by atoms with Crippen LogP contribution in [0, 0.1) is 0 Å². The molecule has 0 spiro atoms. The maximum Gasteiger partial charge on any atom is 0.334 e. The van der Waals surface area contributed by atoms with E-state index in [4.69, 9.17) is 23.7 Å². The number of ether oxygens (including phenoxy) is 5. The van der Waals surface area contributed by atoms with Crippen LogP contribution in [0.4, 0.5) is 0 Å². The van der Waals surface area contributed by atoms with E-state index in [1.807, 2.05) is 84.9 Å². The van der Waals surface area contributed by atoms with Crippen LogP contribution in [0.5, 0.6) is 17.2 Å². The van der Waals surface area contributed by atoms with Gasteiger partial charge in [0.15, 0.2) is 5.60 Å². The van der Waals surface area contributed by atoms with Crippen LogP contribution in [0.3, 0.4) is 0 Å². The Labute approximate surface area is 199 Å². The molecule has 0 bridgehead atoms. The van der Waals surface area contributed by atoms with Gasteiger partial charge in [-0.3, -0.25) is 0 Å². The van der Waals surface area contributed by atoms with Gasteiger partial charge < -0.3 is 23.7 Å². The normalized spacial score (nSPS) is 18.5. The third kappa shape index (κ3) is 5.97. The van der Waals surface area contributed by atoms with Gasteiger partial charge in [0.1, 0.15) is 23.9 Å². The molecule has 6 heteroatoms. The summed E-state index contributed by atoms with van der Waals surface area (Å²) in [6.07, 6.45) is 2.22. The molecule has 0 saturated carbocycles. The van der Waals surface area contributed by atoms with Crippen LogP contribution in [0.1, 0.15) is 17.5 Å². The Kier molecular flexibility index (Phi) is 7.50. The summed E-state index contributed by atoms with van der Waals surface area (Å²) in [5, 5.41) is 0. The molecule has 1 heterocycles. The minimum Gasteiger partial charge on any atom is -0.497 e. The number of hydrogen-bond acceptors (Lipinski definition) is 6. The molecule has 1 aliphatic heterocycles. The lowest BCUT2D eigenvalue weighted by molar-refractivity contribution is -0.156. The van der Waals surface area contributed by atoms with Crippen molar-refractivity contribution in [3.63, 3.8) is 0 Å². The van der Waals surface area contributed by atoms with E-state index < -0.39 is 5.60 Å². The third-order valence-electron chi connectivity index (χ3n) is 5.58. The van der Waals surface area contributed by atoms with Gasteiger partial charge in [0.25, 0.3) is 0 Å². The second-order valence-electron chi connectivity index (χ2n) is 8.13. The van der Waals surface area contributed by atoms with Gasteiger partial charge in [0, 0.05) is 12.0 Å². The zero-order chi connectivity index (χ0) is 23.8. The quantitative estimate of drug-likeness (QED) is 0.311. The number of benzene rings is 3. The Morgan fingerprint density at radius 1 is 0.824 bits per heavy atom. The van der Waals surface area contributed by atoms with Gasteiger partial charge in [-0.25, -0.2) is 4.79 Å². The van der Waals surface area contributed by atoms with E-state index in [2.05, 4.69) is 0 Å². The topological polar surface area (TPSA) is 63.2 Å². The van der Waals surface area contributed by atoms with Crippen molar-refractivity contribution < 1.29 is 28.5 Å². The first-order chi connectivity index (χ1) is 16.6. The molecule has 6 nitrogen and oxygen atoms in total. The fourth-order valence-corrected chi connectivity index (χ4v) is 3.75. The highest BCUT2D eigenvalue weighted by molar-refractivity contribution is 5.96. The number of carbonyl (C=O) groups is 1. The standard InChI is InChI=1S/C28H28O6/c1-30-24-10-8-21(9-11-24)16-23-17-28(34-27(23)29,19-32-18-22-6-4-3-5-7-22)20-33-26-14-12-25(31-2)13-15-26/h3-16H,17-20H2,1-2H3/b23-16+. The zero-order valence-electron chi connectivity index (χ0n) is 19.4. The average molecular weight is 461 g/mol. The number of carbonyl (C=O) groups excluding carboxylic acids is 1. The maximum atomic E-state index is 12.8. The van der Waals surface area contributed by atoms with Crippen LogP contribution in [0.15, 0.2) is 84.4 Å². The van der Waals surface area contributed by atoms with Gasteiger partial charge in [0.2, 0.25) is 0 Å². The predicted octanol–water partition coefficient (Wildman–Crippen LogP) is 5.07. The smallest absolute Gasteiger partial charge is 0.334 e. The van der Waals surface area contributed by atoms with Crippen molar-refractivity contribution in [1.29, 1.82) is 0 Å². The second kappa shape index (κ2) is 10.9. The third-order valence-corrected chi connectivity index (χ3v) is 5.58. The largest absolute Gasteiger partial charge is 0.497 e. The molecule has 0 N–H and O–H groups in total. The molecule has 0 aliphatic carbocycles. The molecule has 1 atom stereocenters. The summed E-state index contributed by atoms with van der Waals surface area (Å²) in [5.41, 5.74) is 1.59. The monoisotopic (exact) mass is 460 g/mol. The molecule has 176 valence electrons. The van der Waals surface area contributed by atoms with Gasteiger partial charge in [-0.05, 0) is 53.6 Å². The van der Waals surface area contributed by atoms with E-state index in [1.54, 1.807) is 14.2 Å². The molecule has 34 heavy (non-hydrogen) atoms. The molecule has 3 aromatic rings. The van der Waals surface area contributed by atoms with E-state index in [9.17, 15) is 4.79 Å². The minimum absolute atomic E-state index is 0.166. The molecule has 0 amide bonds. The first kappa shape index (κ1) is 23.4. The lowest BCUT2D eigenvalue weighted by Gasteiger charge is -2.27. The molecule has 4 rings (SSSR count). The molecule has 1 unspecified atom stereocenters. The fourth-order valence-electron chi connectivity index (χ4n) is 3.75. The van der Waals surface area contributed by atoms with Gasteiger partial charge in [-0.15, -0.1) is 0 Å². The van der Waals surface area contributed by atoms with Crippen molar-refractivity contribution >= 4 is 12.0 Å². The summed E-state index contributed by atoms with van der Waals surface area (Å²) in [4.78, 5) is 12.8. The summed E-state index contributed by atoms with van der Waals surface area (Å²) in [6, 6.07) is 24.7. The van der Waals surface area contributed by atoms with Crippen molar-refractivity contribution in [2.75, 3.05) is 27.4 Å². The maximum absolute atomic E-state index is 12.8. The molecular weight excluding hydrogens is 432 g/mol. The number of hydrogen-bond donors (Lipinski definition) is 0. The zero-order valence-corrected chi connectivity index (χ0v) is 19.4. The van der Waals surface area contributed by atoms with Crippen molar-refractivity contribution in [2.24, 2.45) is 0 Å². The lowest BCUT2D eigenvalue weighted by atomic mass is 9.97. The predicted molar refractivity (Wildman–Crippen MR) is 129 cm³/mol. The van der Waals surface area contributed by atoms with Gasteiger partial charge >= 0.3 is 5.97 Å². The average Bonchev–Trinajstić information content (AvgIpc) is 3.19. The summed E-state index contributed by atoms with van der Waals surface area (Å²) < 4.78 is 28.3. The van der Waals surface area contributed by atoms with Crippen molar-refractivity contribution in [3.05, 3.63) is 95.6 Å². The summed E-state index contributed by atoms with van der Waals surface area (Å²) in [6.45, 7) is 0.795. The highest BCUT2D eigenvalue weighted by Crippen LogP contribution is 2.34. The van der Waals surface area contributed by atoms with Crippen molar-refractivity contribution in [2.45, 2.75) is 18.6 Å². The van der Waals surface area contributed by atoms with E-state index in [1.165, 1.54) is 0 Å².